The van der Waals surface area contributed by atoms with Gasteiger partial charge in [-0.2, -0.15) is 0 Å². The molecule has 0 bridgehead atoms. The van der Waals surface area contributed by atoms with Gasteiger partial charge in [-0.1, -0.05) is 13.8 Å². The van der Waals surface area contributed by atoms with Crippen LogP contribution < -0.4 is 0 Å². The van der Waals surface area contributed by atoms with E-state index in [0.29, 0.717) is 12.0 Å². The van der Waals surface area contributed by atoms with E-state index in [4.69, 9.17) is 5.11 Å². The van der Waals surface area contributed by atoms with Crippen LogP contribution in [0.15, 0.2) is 0 Å². The third-order valence-electron chi connectivity index (χ3n) is 3.42. The van der Waals surface area contributed by atoms with Crippen molar-refractivity contribution in [1.29, 1.82) is 0 Å². The van der Waals surface area contributed by atoms with Gasteiger partial charge < -0.3 is 10.0 Å². The van der Waals surface area contributed by atoms with Crippen molar-refractivity contribution in [3.63, 3.8) is 0 Å². The van der Waals surface area contributed by atoms with E-state index < -0.39 is 5.97 Å². The van der Waals surface area contributed by atoms with Gasteiger partial charge in [0.15, 0.2) is 0 Å². The number of carboxylic acid groups (broad SMARTS) is 1. The lowest BCUT2D eigenvalue weighted by molar-refractivity contribution is -0.138. The molecule has 1 fully saturated rings. The molecule has 1 saturated heterocycles. The maximum Gasteiger partial charge on any atom is 0.317 e. The number of rotatable bonds is 5. The molecule has 0 amide bonds. The minimum absolute atomic E-state index is 0. The van der Waals surface area contributed by atoms with E-state index in [1.807, 2.05) is 11.9 Å². The predicted molar refractivity (Wildman–Crippen MR) is 76.4 cm³/mol. The third-order valence-corrected chi connectivity index (χ3v) is 3.42. The Morgan fingerprint density at radius 3 is 2.61 bits per heavy atom. The molecule has 0 aliphatic carbocycles. The van der Waals surface area contributed by atoms with Crippen LogP contribution in [0.3, 0.4) is 0 Å². The van der Waals surface area contributed by atoms with E-state index >= 15 is 0 Å². The van der Waals surface area contributed by atoms with E-state index in [-0.39, 0.29) is 19.0 Å². The molecule has 5 heteroatoms. The lowest BCUT2D eigenvalue weighted by atomic mass is 10.1. The Morgan fingerprint density at radius 1 is 1.39 bits per heavy atom. The summed E-state index contributed by atoms with van der Waals surface area (Å²) in [6.45, 7) is 8.09. The number of likely N-dealkylation sites (tertiary alicyclic amines) is 1. The van der Waals surface area contributed by atoms with Gasteiger partial charge in [0.25, 0.3) is 0 Å². The standard InChI is InChI=1S/C13H26N2O2.ClH/c1-11(2)9-15-7-4-5-12(6-8-15)14(3)10-13(16)17;/h11-12H,4-10H2,1-3H3,(H,16,17);1H. The highest BCUT2D eigenvalue weighted by molar-refractivity contribution is 5.85. The molecule has 1 rings (SSSR count). The number of hydrogen-bond donors (Lipinski definition) is 1. The minimum atomic E-state index is -0.726. The molecule has 1 aliphatic rings. The topological polar surface area (TPSA) is 43.8 Å². The van der Waals surface area contributed by atoms with Crippen LogP contribution in [0.2, 0.25) is 0 Å². The van der Waals surface area contributed by atoms with E-state index in [1.165, 1.54) is 6.42 Å². The summed E-state index contributed by atoms with van der Waals surface area (Å²) in [6, 6.07) is 0.434. The summed E-state index contributed by atoms with van der Waals surface area (Å²) in [5, 5.41) is 8.80. The van der Waals surface area contributed by atoms with Crippen molar-refractivity contribution < 1.29 is 9.90 Å². The van der Waals surface area contributed by atoms with Crippen molar-refractivity contribution in [1.82, 2.24) is 9.80 Å². The van der Waals surface area contributed by atoms with E-state index in [0.717, 1.165) is 32.5 Å². The maximum absolute atomic E-state index is 10.7. The zero-order chi connectivity index (χ0) is 12.8. The maximum atomic E-state index is 10.7. The molecule has 0 radical (unpaired) electrons. The summed E-state index contributed by atoms with van der Waals surface area (Å²) in [6.07, 6.45) is 3.40. The van der Waals surface area contributed by atoms with Gasteiger partial charge in [0.2, 0.25) is 0 Å². The summed E-state index contributed by atoms with van der Waals surface area (Å²) in [5.41, 5.74) is 0. The van der Waals surface area contributed by atoms with Crippen molar-refractivity contribution in [2.24, 2.45) is 5.92 Å². The molecule has 1 unspecified atom stereocenters. The predicted octanol–water partition coefficient (Wildman–Crippen LogP) is 1.94. The van der Waals surface area contributed by atoms with Gasteiger partial charge in [0.05, 0.1) is 6.54 Å². The lowest BCUT2D eigenvalue weighted by Gasteiger charge is -2.26. The second-order valence-corrected chi connectivity index (χ2v) is 5.59. The van der Waals surface area contributed by atoms with Crippen LogP contribution in [0.4, 0.5) is 0 Å². The van der Waals surface area contributed by atoms with Crippen LogP contribution in [0, 0.1) is 5.92 Å². The summed E-state index contributed by atoms with van der Waals surface area (Å²) in [5.74, 6) is -0.0147. The molecule has 0 aromatic heterocycles. The molecule has 1 atom stereocenters. The Balaban J connectivity index is 0.00000289. The highest BCUT2D eigenvalue weighted by Crippen LogP contribution is 2.16. The van der Waals surface area contributed by atoms with Crippen LogP contribution in [0.25, 0.3) is 0 Å². The highest BCUT2D eigenvalue weighted by Gasteiger charge is 2.21. The minimum Gasteiger partial charge on any atom is -0.480 e. The Bertz CT molecular complexity index is 249. The van der Waals surface area contributed by atoms with Crippen molar-refractivity contribution in [2.75, 3.05) is 33.2 Å². The van der Waals surface area contributed by atoms with Gasteiger partial charge in [0, 0.05) is 12.6 Å². The van der Waals surface area contributed by atoms with Crippen molar-refractivity contribution >= 4 is 18.4 Å². The number of likely N-dealkylation sites (N-methyl/N-ethyl adjacent to an activating group) is 1. The van der Waals surface area contributed by atoms with Gasteiger partial charge in [-0.15, -0.1) is 12.4 Å². The van der Waals surface area contributed by atoms with Crippen LogP contribution in [-0.2, 0) is 4.79 Å². The normalized spacial score (nSPS) is 21.7. The molecule has 0 aromatic rings. The number of nitrogens with zero attached hydrogens (tertiary/aromatic N) is 2. The summed E-state index contributed by atoms with van der Waals surface area (Å²) >= 11 is 0. The Hall–Kier alpha value is -0.320. The number of aliphatic carboxylic acids is 1. The molecule has 0 saturated carbocycles. The summed E-state index contributed by atoms with van der Waals surface area (Å²) in [4.78, 5) is 15.2. The first-order valence-electron chi connectivity index (χ1n) is 6.63. The van der Waals surface area contributed by atoms with Crippen LogP contribution in [0.1, 0.15) is 33.1 Å². The Morgan fingerprint density at radius 2 is 2.06 bits per heavy atom. The first-order valence-corrected chi connectivity index (χ1v) is 6.63. The number of carbonyl (C=O) groups is 1. The molecule has 18 heavy (non-hydrogen) atoms. The highest BCUT2D eigenvalue weighted by atomic mass is 35.5. The van der Waals surface area contributed by atoms with Crippen LogP contribution in [-0.4, -0.2) is 60.1 Å². The third kappa shape index (κ3) is 6.57. The summed E-state index contributed by atoms with van der Waals surface area (Å²) < 4.78 is 0. The van der Waals surface area contributed by atoms with Gasteiger partial charge in [-0.05, 0) is 45.3 Å². The molecule has 1 aliphatic heterocycles. The van der Waals surface area contributed by atoms with E-state index in [2.05, 4.69) is 18.7 Å². The van der Waals surface area contributed by atoms with Crippen molar-refractivity contribution in [3.05, 3.63) is 0 Å². The molecule has 4 nitrogen and oxygen atoms in total. The van der Waals surface area contributed by atoms with Gasteiger partial charge in [0.1, 0.15) is 0 Å². The van der Waals surface area contributed by atoms with Crippen molar-refractivity contribution in [2.45, 2.75) is 39.2 Å². The molecule has 0 aromatic carbocycles. The van der Waals surface area contributed by atoms with E-state index in [9.17, 15) is 4.79 Å². The van der Waals surface area contributed by atoms with Gasteiger partial charge in [-0.3, -0.25) is 9.69 Å². The second kappa shape index (κ2) is 8.73. The zero-order valence-corrected chi connectivity index (χ0v) is 12.6. The van der Waals surface area contributed by atoms with Gasteiger partial charge in [-0.25, -0.2) is 0 Å². The molecular formula is C13H27ClN2O2. The van der Waals surface area contributed by atoms with Gasteiger partial charge >= 0.3 is 5.97 Å². The average Bonchev–Trinajstić information content (AvgIpc) is 2.41. The molecule has 1 heterocycles. The van der Waals surface area contributed by atoms with Crippen LogP contribution >= 0.6 is 12.4 Å². The first kappa shape index (κ1) is 17.7. The quantitative estimate of drug-likeness (QED) is 0.835. The number of carboxylic acids is 1. The zero-order valence-electron chi connectivity index (χ0n) is 11.8. The fraction of sp³-hybridized carbons (Fsp3) is 0.923. The van der Waals surface area contributed by atoms with Crippen LogP contribution in [0.5, 0.6) is 0 Å². The van der Waals surface area contributed by atoms with Crippen molar-refractivity contribution in [3.8, 4) is 0 Å². The second-order valence-electron chi connectivity index (χ2n) is 5.59. The smallest absolute Gasteiger partial charge is 0.317 e. The Labute approximate surface area is 117 Å². The molecule has 108 valence electrons. The fourth-order valence-electron chi connectivity index (χ4n) is 2.62. The number of hydrogen-bond acceptors (Lipinski definition) is 3. The molecule has 0 spiro atoms. The lowest BCUT2D eigenvalue weighted by Crippen LogP contribution is -2.37. The Kier molecular flexibility index (Phi) is 8.57. The first-order chi connectivity index (χ1) is 7.99. The SMILES string of the molecule is CC(C)CN1CCCC(N(C)CC(=O)O)CC1.Cl. The van der Waals surface area contributed by atoms with E-state index in [1.54, 1.807) is 0 Å². The fourth-order valence-corrected chi connectivity index (χ4v) is 2.62. The largest absolute Gasteiger partial charge is 0.480 e. The number of halogens is 1. The summed E-state index contributed by atoms with van der Waals surface area (Å²) in [7, 11) is 1.93. The molecule has 1 N–H and O–H groups in total. The molecular weight excluding hydrogens is 252 g/mol. The average molecular weight is 279 g/mol. The monoisotopic (exact) mass is 278 g/mol.